The second-order valence-corrected chi connectivity index (χ2v) is 4.09. The van der Waals surface area contributed by atoms with Crippen LogP contribution in [0.4, 0.5) is 5.69 Å². The monoisotopic (exact) mass is 251 g/mol. The van der Waals surface area contributed by atoms with Crippen LogP contribution in [0.3, 0.4) is 0 Å². The normalized spacial score (nSPS) is 11.9. The Labute approximate surface area is 105 Å². The van der Waals surface area contributed by atoms with Gasteiger partial charge in [-0.1, -0.05) is 6.92 Å². The van der Waals surface area contributed by atoms with Crippen LogP contribution in [0.5, 0.6) is 0 Å². The number of carboxylic acid groups (broad SMARTS) is 1. The summed E-state index contributed by atoms with van der Waals surface area (Å²) in [4.78, 5) is 22.4. The van der Waals surface area contributed by atoms with Crippen LogP contribution in [0.25, 0.3) is 0 Å². The number of hydrogen-bond acceptors (Lipinski definition) is 4. The molecule has 5 heteroatoms. The molecule has 0 fully saturated rings. The molecule has 1 rings (SSSR count). The molecule has 5 nitrogen and oxygen atoms in total. The lowest BCUT2D eigenvalue weighted by molar-refractivity contribution is -0.137. The molecule has 0 bridgehead atoms. The van der Waals surface area contributed by atoms with Gasteiger partial charge in [-0.05, 0) is 24.3 Å². The number of nitrogens with one attached hydrogen (secondary N) is 1. The number of rotatable bonds is 7. The Morgan fingerprint density at radius 1 is 1.28 bits per heavy atom. The predicted molar refractivity (Wildman–Crippen MR) is 67.8 cm³/mol. The van der Waals surface area contributed by atoms with E-state index in [9.17, 15) is 9.59 Å². The first kappa shape index (κ1) is 14.2. The van der Waals surface area contributed by atoms with Crippen molar-refractivity contribution in [3.05, 3.63) is 29.8 Å². The van der Waals surface area contributed by atoms with E-state index in [2.05, 4.69) is 5.32 Å². The van der Waals surface area contributed by atoms with Gasteiger partial charge in [0.1, 0.15) is 0 Å². The molecule has 0 amide bonds. The summed E-state index contributed by atoms with van der Waals surface area (Å²) in [6.45, 7) is 2.09. The quantitative estimate of drug-likeness (QED) is 0.637. The van der Waals surface area contributed by atoms with Crippen LogP contribution in [0.1, 0.15) is 23.7 Å². The number of carbonyl (C=O) groups is 2. The first-order valence-corrected chi connectivity index (χ1v) is 5.75. The van der Waals surface area contributed by atoms with Crippen molar-refractivity contribution in [3.63, 3.8) is 0 Å². The Hall–Kier alpha value is -1.88. The zero-order valence-electron chi connectivity index (χ0n) is 10.2. The summed E-state index contributed by atoms with van der Waals surface area (Å²) in [6, 6.07) is 6.77. The number of Topliss-reactive ketones (excluding diaryl/α,β-unsaturated/α-hetero) is 1. The fraction of sp³-hybridized carbons (Fsp3) is 0.385. The molecule has 1 aromatic rings. The van der Waals surface area contributed by atoms with Crippen molar-refractivity contribution in [3.8, 4) is 0 Å². The minimum Gasteiger partial charge on any atom is -0.481 e. The van der Waals surface area contributed by atoms with Crippen molar-refractivity contribution in [1.82, 2.24) is 0 Å². The third-order valence-electron chi connectivity index (χ3n) is 2.54. The molecular formula is C13H17NO4. The van der Waals surface area contributed by atoms with E-state index < -0.39 is 11.9 Å². The van der Waals surface area contributed by atoms with Crippen molar-refractivity contribution >= 4 is 17.4 Å². The number of carboxylic acids is 1. The Bertz CT molecular complexity index is 414. The van der Waals surface area contributed by atoms with Crippen molar-refractivity contribution in [1.29, 1.82) is 0 Å². The predicted octanol–water partition coefficient (Wildman–Crippen LogP) is 1.38. The molecule has 0 saturated heterocycles. The number of hydrogen-bond donors (Lipinski definition) is 3. The Morgan fingerprint density at radius 2 is 1.89 bits per heavy atom. The number of aliphatic carboxylic acids is 1. The number of carbonyl (C=O) groups excluding carboxylic acids is 1. The van der Waals surface area contributed by atoms with Crippen LogP contribution >= 0.6 is 0 Å². The molecule has 0 saturated carbocycles. The molecule has 0 heterocycles. The lowest BCUT2D eigenvalue weighted by Gasteiger charge is -2.09. The first-order chi connectivity index (χ1) is 8.54. The maximum absolute atomic E-state index is 11.9. The molecule has 1 unspecified atom stereocenters. The van der Waals surface area contributed by atoms with E-state index in [1.165, 1.54) is 0 Å². The van der Waals surface area contributed by atoms with Gasteiger partial charge in [-0.25, -0.2) is 0 Å². The standard InChI is InChI=1S/C13H17NO4/c1-9(8-12(16)17)13(18)10-2-4-11(5-3-10)14-6-7-15/h2-5,9,14-15H,6-8H2,1H3,(H,16,17). The molecular weight excluding hydrogens is 234 g/mol. The van der Waals surface area contributed by atoms with Gasteiger partial charge in [0, 0.05) is 23.7 Å². The fourth-order valence-corrected chi connectivity index (χ4v) is 1.59. The smallest absolute Gasteiger partial charge is 0.304 e. The summed E-state index contributed by atoms with van der Waals surface area (Å²) in [5.41, 5.74) is 1.31. The Kier molecular flexibility index (Phi) is 5.32. The van der Waals surface area contributed by atoms with Crippen LogP contribution in [0.2, 0.25) is 0 Å². The zero-order valence-corrected chi connectivity index (χ0v) is 10.2. The van der Waals surface area contributed by atoms with Gasteiger partial charge >= 0.3 is 5.97 Å². The highest BCUT2D eigenvalue weighted by atomic mass is 16.4. The molecule has 1 atom stereocenters. The lowest BCUT2D eigenvalue weighted by Crippen LogP contribution is -2.15. The summed E-state index contributed by atoms with van der Waals surface area (Å²) in [5.74, 6) is -1.68. The van der Waals surface area contributed by atoms with Crippen LogP contribution in [-0.4, -0.2) is 35.1 Å². The van der Waals surface area contributed by atoms with Gasteiger partial charge in [-0.3, -0.25) is 9.59 Å². The highest BCUT2D eigenvalue weighted by Gasteiger charge is 2.17. The van der Waals surface area contributed by atoms with Crippen molar-refractivity contribution in [2.75, 3.05) is 18.5 Å². The molecule has 0 radical (unpaired) electrons. The second-order valence-electron chi connectivity index (χ2n) is 4.09. The fourth-order valence-electron chi connectivity index (χ4n) is 1.59. The lowest BCUT2D eigenvalue weighted by atomic mass is 9.96. The van der Waals surface area contributed by atoms with Gasteiger partial charge in [0.2, 0.25) is 0 Å². The minimum absolute atomic E-state index is 0.0380. The molecule has 3 N–H and O–H groups in total. The summed E-state index contributed by atoms with van der Waals surface area (Å²) >= 11 is 0. The van der Waals surface area contributed by atoms with Crippen molar-refractivity contribution < 1.29 is 19.8 Å². The van der Waals surface area contributed by atoms with Gasteiger partial charge in [-0.2, -0.15) is 0 Å². The highest BCUT2D eigenvalue weighted by molar-refractivity contribution is 5.99. The topological polar surface area (TPSA) is 86.6 Å². The van der Waals surface area contributed by atoms with Crippen LogP contribution in [-0.2, 0) is 4.79 Å². The van der Waals surface area contributed by atoms with Crippen LogP contribution in [0.15, 0.2) is 24.3 Å². The van der Waals surface area contributed by atoms with Crippen molar-refractivity contribution in [2.24, 2.45) is 5.92 Å². The zero-order chi connectivity index (χ0) is 13.5. The minimum atomic E-state index is -0.975. The highest BCUT2D eigenvalue weighted by Crippen LogP contribution is 2.15. The SMILES string of the molecule is CC(CC(=O)O)C(=O)c1ccc(NCCO)cc1. The number of aliphatic hydroxyl groups is 1. The van der Waals surface area contributed by atoms with E-state index in [4.69, 9.17) is 10.2 Å². The van der Waals surface area contributed by atoms with E-state index in [1.807, 2.05) is 0 Å². The third kappa shape index (κ3) is 4.18. The van der Waals surface area contributed by atoms with E-state index in [0.717, 1.165) is 5.69 Å². The molecule has 0 spiro atoms. The molecule has 98 valence electrons. The second kappa shape index (κ2) is 6.76. The number of anilines is 1. The number of aliphatic hydroxyl groups excluding tert-OH is 1. The average molecular weight is 251 g/mol. The van der Waals surface area contributed by atoms with E-state index in [1.54, 1.807) is 31.2 Å². The van der Waals surface area contributed by atoms with Gasteiger partial charge in [0.15, 0.2) is 5.78 Å². The molecule has 0 aliphatic rings. The van der Waals surface area contributed by atoms with Gasteiger partial charge in [0.25, 0.3) is 0 Å². The summed E-state index contributed by atoms with van der Waals surface area (Å²) in [6.07, 6.45) is -0.163. The maximum Gasteiger partial charge on any atom is 0.304 e. The van der Waals surface area contributed by atoms with Crippen LogP contribution in [0, 0.1) is 5.92 Å². The average Bonchev–Trinajstić information content (AvgIpc) is 2.35. The summed E-state index contributed by atoms with van der Waals surface area (Å²) < 4.78 is 0. The van der Waals surface area contributed by atoms with Crippen LogP contribution < -0.4 is 5.32 Å². The number of ketones is 1. The van der Waals surface area contributed by atoms with E-state index >= 15 is 0 Å². The molecule has 0 aromatic heterocycles. The molecule has 0 aliphatic carbocycles. The van der Waals surface area contributed by atoms with E-state index in [0.29, 0.717) is 12.1 Å². The molecule has 18 heavy (non-hydrogen) atoms. The Morgan fingerprint density at radius 3 is 2.39 bits per heavy atom. The van der Waals surface area contributed by atoms with Gasteiger partial charge < -0.3 is 15.5 Å². The summed E-state index contributed by atoms with van der Waals surface area (Å²) in [7, 11) is 0. The Balaban J connectivity index is 2.66. The maximum atomic E-state index is 11.9. The van der Waals surface area contributed by atoms with E-state index in [-0.39, 0.29) is 18.8 Å². The van der Waals surface area contributed by atoms with Crippen molar-refractivity contribution in [2.45, 2.75) is 13.3 Å². The van der Waals surface area contributed by atoms with Gasteiger partial charge in [0.05, 0.1) is 13.0 Å². The van der Waals surface area contributed by atoms with Gasteiger partial charge in [-0.15, -0.1) is 0 Å². The summed E-state index contributed by atoms with van der Waals surface area (Å²) in [5, 5.41) is 20.3. The molecule has 0 aliphatic heterocycles. The third-order valence-corrected chi connectivity index (χ3v) is 2.54. The first-order valence-electron chi connectivity index (χ1n) is 5.75. The number of benzene rings is 1. The molecule has 1 aromatic carbocycles. The largest absolute Gasteiger partial charge is 0.481 e.